The first-order valence-electron chi connectivity index (χ1n) is 16.9. The minimum atomic E-state index is -0.429. The van der Waals surface area contributed by atoms with Gasteiger partial charge in [-0.15, -0.1) is 0 Å². The average molecular weight is 632 g/mol. The van der Waals surface area contributed by atoms with Gasteiger partial charge in [0.1, 0.15) is 0 Å². The van der Waals surface area contributed by atoms with Crippen LogP contribution in [0, 0.1) is 0 Å². The molecule has 0 saturated carbocycles. The summed E-state index contributed by atoms with van der Waals surface area (Å²) in [6, 6.07) is 47.2. The smallest absolute Gasteiger partial charge is 0.0617 e. The van der Waals surface area contributed by atoms with Gasteiger partial charge in [0.15, 0.2) is 0 Å². The molecular weight excluding hydrogens is 595 g/mol. The van der Waals surface area contributed by atoms with Crippen molar-refractivity contribution in [3.8, 4) is 22.3 Å². The molecule has 3 heteroatoms. The van der Waals surface area contributed by atoms with E-state index in [1.165, 1.54) is 38.4 Å². The summed E-state index contributed by atoms with van der Waals surface area (Å²) in [6.07, 6.45) is 4.07. The van der Waals surface area contributed by atoms with Crippen molar-refractivity contribution in [3.05, 3.63) is 174 Å². The number of para-hydroxylation sites is 2. The number of nitrogens with zero attached hydrogens (tertiary/aromatic N) is 1. The van der Waals surface area contributed by atoms with E-state index in [1.807, 2.05) is 18.2 Å². The van der Waals surface area contributed by atoms with Crippen LogP contribution < -0.4 is 11.5 Å². The molecule has 2 heterocycles. The number of nitrogens with two attached hydrogens (primary N) is 2. The molecule has 4 N–H and O–H groups in total. The molecule has 0 amide bonds. The monoisotopic (exact) mass is 631 g/mol. The summed E-state index contributed by atoms with van der Waals surface area (Å²) in [5.41, 5.74) is 28.5. The van der Waals surface area contributed by atoms with Crippen molar-refractivity contribution in [1.82, 2.24) is 4.40 Å². The molecule has 0 spiro atoms. The number of anilines is 1. The lowest BCUT2D eigenvalue weighted by molar-refractivity contribution is 0.660. The summed E-state index contributed by atoms with van der Waals surface area (Å²) in [6.45, 7) is 8.86. The second-order valence-corrected chi connectivity index (χ2v) is 13.8. The Morgan fingerprint density at radius 3 is 2.10 bits per heavy atom. The van der Waals surface area contributed by atoms with Gasteiger partial charge in [-0.2, -0.15) is 0 Å². The Balaban J connectivity index is 1.29. The molecule has 3 nitrogen and oxygen atoms in total. The normalized spacial score (nSPS) is 14.4. The Bertz CT molecular complexity index is 2690. The largest absolute Gasteiger partial charge is 0.398 e. The highest BCUT2D eigenvalue weighted by atomic mass is 14.9. The number of allylic oxidation sites excluding steroid dienone is 2. The number of rotatable bonds is 5. The van der Waals surface area contributed by atoms with Crippen LogP contribution in [0.5, 0.6) is 0 Å². The third-order valence-electron chi connectivity index (χ3n) is 10.7. The maximum atomic E-state index is 7.26. The molecule has 9 rings (SSSR count). The molecule has 49 heavy (non-hydrogen) atoms. The number of hydrogen-bond acceptors (Lipinski definition) is 2. The predicted octanol–water partition coefficient (Wildman–Crippen LogP) is 11.2. The van der Waals surface area contributed by atoms with Gasteiger partial charge in [-0.1, -0.05) is 142 Å². The highest BCUT2D eigenvalue weighted by Gasteiger charge is 2.35. The number of benzene rings is 6. The van der Waals surface area contributed by atoms with Gasteiger partial charge in [0.05, 0.1) is 16.6 Å². The first-order chi connectivity index (χ1) is 23.9. The minimum absolute atomic E-state index is 0.0473. The zero-order valence-corrected chi connectivity index (χ0v) is 27.7. The third-order valence-corrected chi connectivity index (χ3v) is 10.7. The SMILES string of the molecule is C=C/C(=C\C(N)c1ccc2cc3c4ccccc4c4ccccc4n3c2c1-c1ccccc1N)c1ccc2c(c1)-c1ccccc1C2(C)C. The molecule has 1 atom stereocenters. The fourth-order valence-electron chi connectivity index (χ4n) is 8.35. The number of hydrogen-bond donors (Lipinski definition) is 2. The molecule has 1 aliphatic rings. The van der Waals surface area contributed by atoms with Gasteiger partial charge in [0, 0.05) is 44.4 Å². The Labute approximate surface area is 286 Å². The zero-order valence-electron chi connectivity index (χ0n) is 27.7. The van der Waals surface area contributed by atoms with Crippen LogP contribution in [-0.4, -0.2) is 4.40 Å². The molecule has 0 bridgehead atoms. The van der Waals surface area contributed by atoms with E-state index < -0.39 is 6.04 Å². The predicted molar refractivity (Wildman–Crippen MR) is 209 cm³/mol. The van der Waals surface area contributed by atoms with Crippen LogP contribution >= 0.6 is 0 Å². The zero-order chi connectivity index (χ0) is 33.4. The first-order valence-corrected chi connectivity index (χ1v) is 16.9. The molecule has 0 radical (unpaired) electrons. The topological polar surface area (TPSA) is 56.5 Å². The average Bonchev–Trinajstić information content (AvgIpc) is 3.64. The van der Waals surface area contributed by atoms with E-state index in [9.17, 15) is 0 Å². The quantitative estimate of drug-likeness (QED) is 0.113. The van der Waals surface area contributed by atoms with E-state index in [-0.39, 0.29) is 5.41 Å². The second kappa shape index (κ2) is 10.8. The lowest BCUT2D eigenvalue weighted by Gasteiger charge is -2.21. The van der Waals surface area contributed by atoms with Crippen LogP contribution in [0.15, 0.2) is 152 Å². The summed E-state index contributed by atoms with van der Waals surface area (Å²) in [5.74, 6) is 0. The number of fused-ring (bicyclic) bond motifs is 11. The molecule has 1 aliphatic carbocycles. The van der Waals surface area contributed by atoms with Crippen LogP contribution in [0.25, 0.3) is 65.9 Å². The Morgan fingerprint density at radius 1 is 0.673 bits per heavy atom. The van der Waals surface area contributed by atoms with Crippen molar-refractivity contribution >= 4 is 49.4 Å². The van der Waals surface area contributed by atoms with Crippen molar-refractivity contribution in [2.24, 2.45) is 5.73 Å². The number of aromatic nitrogens is 1. The van der Waals surface area contributed by atoms with Gasteiger partial charge < -0.3 is 15.9 Å². The summed E-state index contributed by atoms with van der Waals surface area (Å²) in [4.78, 5) is 0. The van der Waals surface area contributed by atoms with E-state index >= 15 is 0 Å². The van der Waals surface area contributed by atoms with Crippen LogP contribution in [0.3, 0.4) is 0 Å². The molecule has 6 aromatic carbocycles. The van der Waals surface area contributed by atoms with Gasteiger partial charge in [-0.3, -0.25) is 0 Å². The Hall–Kier alpha value is -5.90. The van der Waals surface area contributed by atoms with Crippen molar-refractivity contribution in [1.29, 1.82) is 0 Å². The van der Waals surface area contributed by atoms with Crippen molar-refractivity contribution < 1.29 is 0 Å². The van der Waals surface area contributed by atoms with Gasteiger partial charge in [0.2, 0.25) is 0 Å². The van der Waals surface area contributed by atoms with E-state index in [2.05, 4.69) is 152 Å². The minimum Gasteiger partial charge on any atom is -0.398 e. The second-order valence-electron chi connectivity index (χ2n) is 13.8. The summed E-state index contributed by atoms with van der Waals surface area (Å²) >= 11 is 0. The fraction of sp³-hybridized carbons (Fsp3) is 0.0870. The summed E-state index contributed by atoms with van der Waals surface area (Å²) < 4.78 is 2.41. The maximum Gasteiger partial charge on any atom is 0.0617 e. The van der Waals surface area contributed by atoms with Gasteiger partial charge in [-0.05, 0) is 68.6 Å². The third kappa shape index (κ3) is 4.26. The van der Waals surface area contributed by atoms with E-state index in [0.29, 0.717) is 0 Å². The lowest BCUT2D eigenvalue weighted by atomic mass is 9.82. The van der Waals surface area contributed by atoms with E-state index in [1.54, 1.807) is 0 Å². The van der Waals surface area contributed by atoms with Crippen molar-refractivity contribution in [2.45, 2.75) is 25.3 Å². The highest BCUT2D eigenvalue weighted by molar-refractivity contribution is 6.17. The van der Waals surface area contributed by atoms with Crippen LogP contribution in [0.4, 0.5) is 5.69 Å². The van der Waals surface area contributed by atoms with Crippen molar-refractivity contribution in [2.75, 3.05) is 5.73 Å². The molecule has 2 aromatic heterocycles. The number of nitrogen functional groups attached to an aromatic ring is 1. The molecule has 0 saturated heterocycles. The lowest BCUT2D eigenvalue weighted by Crippen LogP contribution is -2.14. The molecule has 236 valence electrons. The fourth-order valence-corrected chi connectivity index (χ4v) is 8.35. The highest BCUT2D eigenvalue weighted by Crippen LogP contribution is 2.49. The van der Waals surface area contributed by atoms with Crippen LogP contribution in [0.1, 0.15) is 42.1 Å². The Kier molecular flexibility index (Phi) is 6.46. The summed E-state index contributed by atoms with van der Waals surface area (Å²) in [7, 11) is 0. The van der Waals surface area contributed by atoms with Gasteiger partial charge in [0.25, 0.3) is 0 Å². The summed E-state index contributed by atoms with van der Waals surface area (Å²) in [5, 5.41) is 4.80. The van der Waals surface area contributed by atoms with Crippen LogP contribution in [-0.2, 0) is 5.41 Å². The van der Waals surface area contributed by atoms with Gasteiger partial charge in [-0.25, -0.2) is 0 Å². The Morgan fingerprint density at radius 2 is 1.33 bits per heavy atom. The van der Waals surface area contributed by atoms with Crippen molar-refractivity contribution in [3.63, 3.8) is 0 Å². The van der Waals surface area contributed by atoms with Gasteiger partial charge >= 0.3 is 0 Å². The van der Waals surface area contributed by atoms with E-state index in [4.69, 9.17) is 11.5 Å². The molecule has 8 aromatic rings. The van der Waals surface area contributed by atoms with Crippen LogP contribution in [0.2, 0.25) is 0 Å². The maximum absolute atomic E-state index is 7.26. The van der Waals surface area contributed by atoms with E-state index in [0.717, 1.165) is 55.5 Å². The first kappa shape index (κ1) is 29.3. The number of pyridine rings is 1. The molecule has 0 aliphatic heterocycles. The standard InChI is InChI=1S/C46H37N3/c1-4-28(29-22-24-39-37(25-29)32-14-7-10-18-38(32)46(39,2)3)26-41(48)36-23-21-30-27-43-34-16-6-5-13-31(34)33-15-9-12-20-42(33)49(43)45(30)44(36)35-17-8-11-19-40(35)47/h4-27,41H,1,47-48H2,2-3H3/b28-26+. The molecule has 1 unspecified atom stereocenters. The molecule has 0 fully saturated rings. The molecular formula is C46H37N3.